The molecule has 1 aromatic rings. The van der Waals surface area contributed by atoms with E-state index in [2.05, 4.69) is 18.7 Å². The molecular formula is C21H30FN3O2. The summed E-state index contributed by atoms with van der Waals surface area (Å²) in [6.45, 7) is 10.2. The molecule has 0 N–H and O–H groups in total. The Kier molecular flexibility index (Phi) is 6.47. The number of benzene rings is 1. The van der Waals surface area contributed by atoms with Crippen LogP contribution in [0.2, 0.25) is 0 Å². The first-order valence-corrected chi connectivity index (χ1v) is 10.00. The second-order valence-electron chi connectivity index (χ2n) is 8.09. The van der Waals surface area contributed by atoms with Crippen molar-refractivity contribution < 1.29 is 14.0 Å². The maximum atomic E-state index is 13.0. The SMILES string of the molecule is CC(C)CN1CCN(C(=O)C2CCN(C(=O)c3ccc(F)cc3)CC2)CC1. The Morgan fingerprint density at radius 3 is 2.11 bits per heavy atom. The summed E-state index contributed by atoms with van der Waals surface area (Å²) in [6.07, 6.45) is 1.41. The molecule has 2 heterocycles. The fourth-order valence-electron chi connectivity index (χ4n) is 4.03. The molecule has 3 rings (SSSR count). The first-order chi connectivity index (χ1) is 12.9. The topological polar surface area (TPSA) is 43.9 Å². The predicted octanol–water partition coefficient (Wildman–Crippen LogP) is 2.48. The zero-order valence-electron chi connectivity index (χ0n) is 16.4. The molecule has 0 saturated carbocycles. The molecule has 27 heavy (non-hydrogen) atoms. The van der Waals surface area contributed by atoms with E-state index in [0.29, 0.717) is 37.4 Å². The fraction of sp³-hybridized carbons (Fsp3) is 0.619. The minimum Gasteiger partial charge on any atom is -0.340 e. The van der Waals surface area contributed by atoms with E-state index in [1.54, 1.807) is 4.90 Å². The lowest BCUT2D eigenvalue weighted by atomic mass is 9.94. The van der Waals surface area contributed by atoms with Crippen molar-refractivity contribution in [1.29, 1.82) is 0 Å². The molecule has 6 heteroatoms. The number of rotatable bonds is 4. The van der Waals surface area contributed by atoms with Gasteiger partial charge in [0.2, 0.25) is 5.91 Å². The Bertz CT molecular complexity index is 646. The number of likely N-dealkylation sites (tertiary alicyclic amines) is 1. The lowest BCUT2D eigenvalue weighted by Gasteiger charge is -2.39. The van der Waals surface area contributed by atoms with E-state index >= 15 is 0 Å². The van der Waals surface area contributed by atoms with Crippen LogP contribution >= 0.6 is 0 Å². The summed E-state index contributed by atoms with van der Waals surface area (Å²) in [7, 11) is 0. The van der Waals surface area contributed by atoms with E-state index in [1.807, 2.05) is 4.90 Å². The Morgan fingerprint density at radius 1 is 0.963 bits per heavy atom. The minimum atomic E-state index is -0.343. The van der Waals surface area contributed by atoms with Crippen LogP contribution in [0, 0.1) is 17.7 Å². The fourth-order valence-corrected chi connectivity index (χ4v) is 4.03. The van der Waals surface area contributed by atoms with Gasteiger partial charge in [0.25, 0.3) is 5.91 Å². The number of carbonyl (C=O) groups is 2. The molecule has 0 atom stereocenters. The summed E-state index contributed by atoms with van der Waals surface area (Å²) in [5.74, 6) is 0.481. The van der Waals surface area contributed by atoms with Crippen molar-refractivity contribution in [3.8, 4) is 0 Å². The zero-order chi connectivity index (χ0) is 19.4. The predicted molar refractivity (Wildman–Crippen MR) is 103 cm³/mol. The highest BCUT2D eigenvalue weighted by Gasteiger charge is 2.32. The molecule has 2 amide bonds. The molecule has 0 radical (unpaired) electrons. The first kappa shape index (κ1) is 19.8. The first-order valence-electron chi connectivity index (χ1n) is 10.00. The Labute approximate surface area is 161 Å². The average Bonchev–Trinajstić information content (AvgIpc) is 2.68. The van der Waals surface area contributed by atoms with Crippen molar-refractivity contribution >= 4 is 11.8 Å². The zero-order valence-corrected chi connectivity index (χ0v) is 16.4. The van der Waals surface area contributed by atoms with Crippen molar-refractivity contribution in [1.82, 2.24) is 14.7 Å². The summed E-state index contributed by atoms with van der Waals surface area (Å²) in [5, 5.41) is 0. The number of nitrogens with zero attached hydrogens (tertiary/aromatic N) is 3. The monoisotopic (exact) mass is 375 g/mol. The van der Waals surface area contributed by atoms with Crippen molar-refractivity contribution in [3.05, 3.63) is 35.6 Å². The molecule has 2 aliphatic rings. The highest BCUT2D eigenvalue weighted by Crippen LogP contribution is 2.22. The number of carbonyl (C=O) groups excluding carboxylic acids is 2. The van der Waals surface area contributed by atoms with Crippen LogP contribution < -0.4 is 0 Å². The highest BCUT2D eigenvalue weighted by molar-refractivity contribution is 5.94. The number of hydrogen-bond donors (Lipinski definition) is 0. The maximum Gasteiger partial charge on any atom is 0.253 e. The normalized spacial score (nSPS) is 19.6. The number of piperidine rings is 1. The van der Waals surface area contributed by atoms with Gasteiger partial charge < -0.3 is 9.80 Å². The molecule has 0 bridgehead atoms. The van der Waals surface area contributed by atoms with Gasteiger partial charge in [-0.15, -0.1) is 0 Å². The maximum absolute atomic E-state index is 13.0. The third-order valence-corrected chi connectivity index (χ3v) is 5.53. The molecule has 2 saturated heterocycles. The van der Waals surface area contributed by atoms with E-state index in [0.717, 1.165) is 32.7 Å². The van der Waals surface area contributed by atoms with Gasteiger partial charge in [0, 0.05) is 57.3 Å². The Balaban J connectivity index is 1.47. The second kappa shape index (κ2) is 8.83. The average molecular weight is 375 g/mol. The second-order valence-corrected chi connectivity index (χ2v) is 8.09. The minimum absolute atomic E-state index is 0.0129. The number of piperazine rings is 1. The van der Waals surface area contributed by atoms with Crippen LogP contribution in [0.5, 0.6) is 0 Å². The summed E-state index contributed by atoms with van der Waals surface area (Å²) in [5.41, 5.74) is 0.502. The molecule has 0 spiro atoms. The highest BCUT2D eigenvalue weighted by atomic mass is 19.1. The Morgan fingerprint density at radius 2 is 1.56 bits per heavy atom. The van der Waals surface area contributed by atoms with Gasteiger partial charge in [-0.25, -0.2) is 4.39 Å². The molecule has 1 aromatic carbocycles. The molecule has 2 fully saturated rings. The van der Waals surface area contributed by atoms with Crippen LogP contribution in [0.15, 0.2) is 24.3 Å². The molecule has 148 valence electrons. The van der Waals surface area contributed by atoms with Crippen LogP contribution in [-0.2, 0) is 4.79 Å². The molecular weight excluding hydrogens is 345 g/mol. The lowest BCUT2D eigenvalue weighted by Crippen LogP contribution is -2.52. The molecule has 0 unspecified atom stereocenters. The quantitative estimate of drug-likeness (QED) is 0.812. The van der Waals surface area contributed by atoms with E-state index in [-0.39, 0.29) is 23.5 Å². The van der Waals surface area contributed by atoms with Gasteiger partial charge >= 0.3 is 0 Å². The van der Waals surface area contributed by atoms with Gasteiger partial charge in [-0.1, -0.05) is 13.8 Å². The van der Waals surface area contributed by atoms with Crippen LogP contribution in [-0.4, -0.2) is 72.3 Å². The van der Waals surface area contributed by atoms with Crippen molar-refractivity contribution in [2.24, 2.45) is 11.8 Å². The summed E-state index contributed by atoms with van der Waals surface area (Å²) in [4.78, 5) is 31.5. The van der Waals surface area contributed by atoms with E-state index in [9.17, 15) is 14.0 Å². The van der Waals surface area contributed by atoms with Crippen LogP contribution in [0.25, 0.3) is 0 Å². The van der Waals surface area contributed by atoms with Crippen LogP contribution in [0.4, 0.5) is 4.39 Å². The van der Waals surface area contributed by atoms with Crippen molar-refractivity contribution in [2.75, 3.05) is 45.8 Å². The summed E-state index contributed by atoms with van der Waals surface area (Å²) in [6, 6.07) is 5.65. The van der Waals surface area contributed by atoms with Crippen LogP contribution in [0.3, 0.4) is 0 Å². The van der Waals surface area contributed by atoms with E-state index < -0.39 is 0 Å². The number of halogens is 1. The molecule has 0 aromatic heterocycles. The molecule has 2 aliphatic heterocycles. The van der Waals surface area contributed by atoms with Gasteiger partial charge in [-0.2, -0.15) is 0 Å². The van der Waals surface area contributed by atoms with Gasteiger partial charge in [-0.05, 0) is 43.0 Å². The molecule has 5 nitrogen and oxygen atoms in total. The Hall–Kier alpha value is -1.95. The third-order valence-electron chi connectivity index (χ3n) is 5.53. The lowest BCUT2D eigenvalue weighted by molar-refractivity contribution is -0.138. The molecule has 0 aliphatic carbocycles. The summed E-state index contributed by atoms with van der Waals surface area (Å²) >= 11 is 0. The number of amides is 2. The van der Waals surface area contributed by atoms with Gasteiger partial charge in [0.1, 0.15) is 5.82 Å². The van der Waals surface area contributed by atoms with Crippen LogP contribution in [0.1, 0.15) is 37.0 Å². The van der Waals surface area contributed by atoms with Gasteiger partial charge in [0.05, 0.1) is 0 Å². The van der Waals surface area contributed by atoms with Gasteiger partial charge in [0.15, 0.2) is 0 Å². The van der Waals surface area contributed by atoms with E-state index in [4.69, 9.17) is 0 Å². The largest absolute Gasteiger partial charge is 0.340 e. The third kappa shape index (κ3) is 5.06. The van der Waals surface area contributed by atoms with Crippen molar-refractivity contribution in [2.45, 2.75) is 26.7 Å². The number of hydrogen-bond acceptors (Lipinski definition) is 3. The van der Waals surface area contributed by atoms with E-state index in [1.165, 1.54) is 24.3 Å². The summed E-state index contributed by atoms with van der Waals surface area (Å²) < 4.78 is 13.0. The standard InChI is InChI=1S/C21H30FN3O2/c1-16(2)15-23-11-13-25(14-12-23)21(27)18-7-9-24(10-8-18)20(26)17-3-5-19(22)6-4-17/h3-6,16,18H,7-15H2,1-2H3. The van der Waals surface area contributed by atoms with Crippen molar-refractivity contribution in [3.63, 3.8) is 0 Å². The smallest absolute Gasteiger partial charge is 0.253 e. The van der Waals surface area contributed by atoms with Gasteiger partial charge in [-0.3, -0.25) is 14.5 Å².